The minimum atomic E-state index is -1.13. The lowest BCUT2D eigenvalue weighted by Gasteiger charge is -2.34. The molecule has 0 spiro atoms. The molecular weight excluding hydrogens is 715 g/mol. The predicted molar refractivity (Wildman–Crippen MR) is 236 cm³/mol. The Kier molecular flexibility index (Phi) is 37.8. The molecule has 0 radical (unpaired) electrons. The molecule has 0 aromatic carbocycles. The van der Waals surface area contributed by atoms with Crippen LogP contribution in [0.5, 0.6) is 0 Å². The van der Waals surface area contributed by atoms with Gasteiger partial charge in [0.1, 0.15) is 12.6 Å². The number of carbonyl (C=O) groups is 3. The van der Waals surface area contributed by atoms with Crippen LogP contribution in [-0.4, -0.2) is 75.5 Å². The fourth-order valence-corrected chi connectivity index (χ4v) is 6.39. The number of hydrogen-bond donors (Lipinski definition) is 0. The average Bonchev–Trinajstić information content (AvgIpc) is 3.17. The standard InChI is InChI=1S/C49H85NO7/c1-6-8-10-12-14-16-18-20-21-22-23-24-25-26-28-29-31-33-35-37-39-47(51)56-44-45(43-55-42-41-46(49(53)54)50(3,4)5)57-48(52)40-38-36-34-32-30-27-19-17-15-13-11-9-7-2/h8,10,14,16,20-21,23-24,26,28,45-46H,6-7,9,11-13,15,17-19,22,25,27,29-44H2,1-5H3/b10-8+,16-14+,21-20+,24-23+,28-26+. The Labute approximate surface area is 349 Å². The third kappa shape index (κ3) is 38.3. The van der Waals surface area contributed by atoms with E-state index in [0.717, 1.165) is 83.5 Å². The van der Waals surface area contributed by atoms with Gasteiger partial charge in [0.2, 0.25) is 0 Å². The lowest BCUT2D eigenvalue weighted by Crippen LogP contribution is -2.55. The first-order valence-corrected chi connectivity index (χ1v) is 22.8. The van der Waals surface area contributed by atoms with Gasteiger partial charge < -0.3 is 28.6 Å². The Bertz CT molecular complexity index is 1120. The fraction of sp³-hybridized carbons (Fsp3) is 0.735. The number of ether oxygens (including phenoxy) is 3. The van der Waals surface area contributed by atoms with E-state index in [2.05, 4.69) is 74.6 Å². The quantitative estimate of drug-likeness (QED) is 0.0263. The van der Waals surface area contributed by atoms with Gasteiger partial charge in [0.15, 0.2) is 6.10 Å². The fourth-order valence-electron chi connectivity index (χ4n) is 6.39. The molecule has 0 aliphatic rings. The van der Waals surface area contributed by atoms with E-state index in [4.69, 9.17) is 14.2 Å². The number of aliphatic carboxylic acids is 1. The summed E-state index contributed by atoms with van der Waals surface area (Å²) >= 11 is 0. The first-order chi connectivity index (χ1) is 27.6. The number of carbonyl (C=O) groups excluding carboxylic acids is 3. The van der Waals surface area contributed by atoms with Gasteiger partial charge >= 0.3 is 11.9 Å². The second-order valence-corrected chi connectivity index (χ2v) is 16.3. The number of hydrogen-bond acceptors (Lipinski definition) is 7. The third-order valence-electron chi connectivity index (χ3n) is 9.92. The molecule has 328 valence electrons. The van der Waals surface area contributed by atoms with Crippen molar-refractivity contribution in [2.45, 2.75) is 193 Å². The SMILES string of the molecule is CC/C=C/C/C=C/C/C=C/C/C=C/C/C=C/CCCCCCC(=O)OCC(COCCC(C(=O)[O-])[N+](C)(C)C)OC(=O)CCCCCCCCCCCCCCC. The molecule has 8 nitrogen and oxygen atoms in total. The molecular formula is C49H85NO7. The van der Waals surface area contributed by atoms with Gasteiger partial charge in [0.05, 0.1) is 40.3 Å². The minimum Gasteiger partial charge on any atom is -0.544 e. The Morgan fingerprint density at radius 1 is 0.544 bits per heavy atom. The molecule has 0 aromatic heterocycles. The smallest absolute Gasteiger partial charge is 0.306 e. The van der Waals surface area contributed by atoms with Crippen molar-refractivity contribution in [3.8, 4) is 0 Å². The Hall–Kier alpha value is -2.97. The molecule has 0 aromatic rings. The Morgan fingerprint density at radius 3 is 1.46 bits per heavy atom. The molecule has 0 N–H and O–H groups in total. The lowest BCUT2D eigenvalue weighted by atomic mass is 10.0. The van der Waals surface area contributed by atoms with Crippen LogP contribution >= 0.6 is 0 Å². The van der Waals surface area contributed by atoms with Gasteiger partial charge in [-0.2, -0.15) is 0 Å². The molecule has 0 bridgehead atoms. The van der Waals surface area contributed by atoms with Crippen LogP contribution < -0.4 is 5.11 Å². The van der Waals surface area contributed by atoms with Crippen LogP contribution in [0.3, 0.4) is 0 Å². The van der Waals surface area contributed by atoms with Crippen LogP contribution in [0.2, 0.25) is 0 Å². The number of nitrogens with zero attached hydrogens (tertiary/aromatic N) is 1. The van der Waals surface area contributed by atoms with E-state index >= 15 is 0 Å². The molecule has 0 fully saturated rings. The van der Waals surface area contributed by atoms with Crippen LogP contribution in [-0.2, 0) is 28.6 Å². The summed E-state index contributed by atoms with van der Waals surface area (Å²) in [6.07, 6.45) is 48.1. The predicted octanol–water partition coefficient (Wildman–Crippen LogP) is 11.2. The summed E-state index contributed by atoms with van der Waals surface area (Å²) in [5.74, 6) is -1.77. The van der Waals surface area contributed by atoms with Crippen molar-refractivity contribution in [3.05, 3.63) is 60.8 Å². The van der Waals surface area contributed by atoms with Gasteiger partial charge in [-0.3, -0.25) is 9.59 Å². The molecule has 0 aliphatic heterocycles. The summed E-state index contributed by atoms with van der Waals surface area (Å²) in [6.45, 7) is 4.52. The van der Waals surface area contributed by atoms with Crippen molar-refractivity contribution in [2.24, 2.45) is 0 Å². The van der Waals surface area contributed by atoms with Crippen LogP contribution in [0.1, 0.15) is 181 Å². The molecule has 0 heterocycles. The number of allylic oxidation sites excluding steroid dienone is 10. The molecule has 2 unspecified atom stereocenters. The van der Waals surface area contributed by atoms with Crippen molar-refractivity contribution in [3.63, 3.8) is 0 Å². The number of unbranched alkanes of at least 4 members (excludes halogenated alkanes) is 16. The number of esters is 2. The molecule has 0 rings (SSSR count). The van der Waals surface area contributed by atoms with E-state index in [1.165, 1.54) is 64.2 Å². The first-order valence-electron chi connectivity index (χ1n) is 22.8. The van der Waals surface area contributed by atoms with Gasteiger partial charge in [-0.05, 0) is 57.8 Å². The molecule has 57 heavy (non-hydrogen) atoms. The second kappa shape index (κ2) is 39.8. The van der Waals surface area contributed by atoms with Crippen molar-refractivity contribution in [1.82, 2.24) is 0 Å². The van der Waals surface area contributed by atoms with Crippen LogP contribution in [0.25, 0.3) is 0 Å². The molecule has 2 atom stereocenters. The zero-order chi connectivity index (χ0) is 42.1. The summed E-state index contributed by atoms with van der Waals surface area (Å²) in [5.41, 5.74) is 0. The van der Waals surface area contributed by atoms with Crippen LogP contribution in [0, 0.1) is 0 Å². The van der Waals surface area contributed by atoms with Crippen molar-refractivity contribution < 1.29 is 38.2 Å². The molecule has 0 amide bonds. The van der Waals surface area contributed by atoms with E-state index in [1.54, 1.807) is 21.1 Å². The van der Waals surface area contributed by atoms with Gasteiger partial charge in [-0.1, -0.05) is 164 Å². The number of quaternary nitrogens is 1. The number of carboxylic acid groups (broad SMARTS) is 1. The number of likely N-dealkylation sites (N-methyl/N-ethyl adjacent to an activating group) is 1. The zero-order valence-corrected chi connectivity index (χ0v) is 37.2. The van der Waals surface area contributed by atoms with Crippen molar-refractivity contribution in [1.29, 1.82) is 0 Å². The maximum absolute atomic E-state index is 12.7. The molecule has 0 saturated carbocycles. The highest BCUT2D eigenvalue weighted by Crippen LogP contribution is 2.14. The molecule has 8 heteroatoms. The highest BCUT2D eigenvalue weighted by Gasteiger charge is 2.25. The summed E-state index contributed by atoms with van der Waals surface area (Å²) in [4.78, 5) is 36.9. The normalized spacial score (nSPS) is 13.5. The monoisotopic (exact) mass is 800 g/mol. The topological polar surface area (TPSA) is 102 Å². The summed E-state index contributed by atoms with van der Waals surface area (Å²) < 4.78 is 17.2. The van der Waals surface area contributed by atoms with Crippen LogP contribution in [0.15, 0.2) is 60.8 Å². The second-order valence-electron chi connectivity index (χ2n) is 16.3. The average molecular weight is 800 g/mol. The van der Waals surface area contributed by atoms with Crippen molar-refractivity contribution in [2.75, 3.05) is 41.0 Å². The first kappa shape index (κ1) is 54.0. The molecule has 0 aliphatic carbocycles. The Morgan fingerprint density at radius 2 is 0.982 bits per heavy atom. The largest absolute Gasteiger partial charge is 0.544 e. The number of carboxylic acids is 1. The van der Waals surface area contributed by atoms with Gasteiger partial charge in [0.25, 0.3) is 0 Å². The molecule has 0 saturated heterocycles. The maximum atomic E-state index is 12.7. The highest BCUT2D eigenvalue weighted by molar-refractivity contribution is 5.70. The van der Waals surface area contributed by atoms with Gasteiger partial charge in [-0.25, -0.2) is 0 Å². The Balaban J connectivity index is 4.36. The minimum absolute atomic E-state index is 0.0321. The van der Waals surface area contributed by atoms with Crippen LogP contribution in [0.4, 0.5) is 0 Å². The lowest BCUT2D eigenvalue weighted by molar-refractivity contribution is -0.889. The zero-order valence-electron chi connectivity index (χ0n) is 37.2. The summed E-state index contributed by atoms with van der Waals surface area (Å²) in [6, 6.07) is -0.730. The van der Waals surface area contributed by atoms with Gasteiger partial charge in [-0.15, -0.1) is 0 Å². The van der Waals surface area contributed by atoms with E-state index in [0.29, 0.717) is 12.8 Å². The van der Waals surface area contributed by atoms with E-state index in [-0.39, 0.29) is 42.7 Å². The highest BCUT2D eigenvalue weighted by atomic mass is 16.6. The third-order valence-corrected chi connectivity index (χ3v) is 9.92. The number of rotatable bonds is 40. The van der Waals surface area contributed by atoms with Crippen molar-refractivity contribution >= 4 is 17.9 Å². The van der Waals surface area contributed by atoms with E-state index < -0.39 is 18.1 Å². The summed E-state index contributed by atoms with van der Waals surface area (Å²) in [5, 5.41) is 11.6. The maximum Gasteiger partial charge on any atom is 0.306 e. The summed E-state index contributed by atoms with van der Waals surface area (Å²) in [7, 11) is 5.40. The van der Waals surface area contributed by atoms with Gasteiger partial charge in [0, 0.05) is 19.3 Å². The van der Waals surface area contributed by atoms with E-state index in [9.17, 15) is 19.5 Å². The van der Waals surface area contributed by atoms with E-state index in [1.807, 2.05) is 0 Å².